The van der Waals surface area contributed by atoms with Gasteiger partial charge in [-0.25, -0.2) is 22.7 Å². The van der Waals surface area contributed by atoms with Gasteiger partial charge in [0.15, 0.2) is 0 Å². The maximum Gasteiger partial charge on any atom is 0.256 e. The molecule has 12 heteroatoms. The Morgan fingerprint density at radius 1 is 1.26 bits per heavy atom. The minimum absolute atomic E-state index is 0.0180. The number of fused-ring (bicyclic) bond motifs is 2. The molecule has 4 aromatic rings. The summed E-state index contributed by atoms with van der Waals surface area (Å²) < 4.78 is 49.3. The van der Waals surface area contributed by atoms with Crippen LogP contribution in [0.4, 0.5) is 19.1 Å². The highest BCUT2D eigenvalue weighted by molar-refractivity contribution is 5.90. The molecule has 9 nitrogen and oxygen atoms in total. The van der Waals surface area contributed by atoms with Gasteiger partial charge in [0.25, 0.3) is 6.43 Å². The van der Waals surface area contributed by atoms with Crippen molar-refractivity contribution in [1.29, 1.82) is 0 Å². The van der Waals surface area contributed by atoms with Gasteiger partial charge in [0.2, 0.25) is 17.7 Å². The average molecular weight is 487 g/mol. The number of carbonyl (C=O) groups is 1. The lowest BCUT2D eigenvalue weighted by Gasteiger charge is -2.16. The fourth-order valence-electron chi connectivity index (χ4n) is 4.53. The third-order valence-corrected chi connectivity index (χ3v) is 6.25. The van der Waals surface area contributed by atoms with Crippen LogP contribution in [0.3, 0.4) is 0 Å². The lowest BCUT2D eigenvalue weighted by Crippen LogP contribution is -2.32. The summed E-state index contributed by atoms with van der Waals surface area (Å²) in [5.74, 6) is 0.743. The van der Waals surface area contributed by atoms with Crippen LogP contribution in [0, 0.1) is 6.92 Å². The van der Waals surface area contributed by atoms with Crippen molar-refractivity contribution in [2.45, 2.75) is 39.0 Å². The van der Waals surface area contributed by atoms with Gasteiger partial charge in [0.1, 0.15) is 17.5 Å². The third kappa shape index (κ3) is 4.13. The highest BCUT2D eigenvalue weighted by Gasteiger charge is 2.35. The second kappa shape index (κ2) is 8.75. The number of hydrogen-bond donors (Lipinski definition) is 1. The molecule has 0 aliphatic carbocycles. The first-order valence-corrected chi connectivity index (χ1v) is 11.1. The van der Waals surface area contributed by atoms with E-state index in [1.165, 1.54) is 23.5 Å². The van der Waals surface area contributed by atoms with Crippen LogP contribution in [0.15, 0.2) is 30.5 Å². The second-order valence-corrected chi connectivity index (χ2v) is 8.52. The number of benzene rings is 1. The minimum atomic E-state index is -2.50. The molecule has 0 bridgehead atoms. The zero-order valence-electron chi connectivity index (χ0n) is 19.4. The van der Waals surface area contributed by atoms with Crippen LogP contribution in [0.2, 0.25) is 0 Å². The molecular weight excluding hydrogens is 463 g/mol. The van der Waals surface area contributed by atoms with E-state index in [4.69, 9.17) is 4.74 Å². The number of anilines is 1. The lowest BCUT2D eigenvalue weighted by molar-refractivity contribution is -0.128. The Kier molecular flexibility index (Phi) is 5.73. The smallest absolute Gasteiger partial charge is 0.256 e. The third-order valence-electron chi connectivity index (χ3n) is 6.25. The summed E-state index contributed by atoms with van der Waals surface area (Å²) in [6.07, 6.45) is -2.04. The van der Waals surface area contributed by atoms with Crippen LogP contribution < -0.4 is 10.1 Å². The van der Waals surface area contributed by atoms with Crippen molar-refractivity contribution in [1.82, 2.24) is 29.0 Å². The molecule has 0 unspecified atom stereocenters. The highest BCUT2D eigenvalue weighted by Crippen LogP contribution is 2.33. The van der Waals surface area contributed by atoms with Crippen molar-refractivity contribution < 1.29 is 22.7 Å². The number of halogens is 3. The zero-order valence-corrected chi connectivity index (χ0v) is 19.4. The number of alkyl halides is 3. The van der Waals surface area contributed by atoms with Crippen LogP contribution in [0.25, 0.3) is 27.7 Å². The molecule has 0 radical (unpaired) electrons. The van der Waals surface area contributed by atoms with Crippen molar-refractivity contribution in [3.8, 4) is 17.0 Å². The van der Waals surface area contributed by atoms with E-state index in [0.717, 1.165) is 11.1 Å². The maximum absolute atomic E-state index is 14.4. The molecule has 0 saturated carbocycles. The molecule has 1 fully saturated rings. The largest absolute Gasteiger partial charge is 0.479 e. The van der Waals surface area contributed by atoms with Gasteiger partial charge < -0.3 is 19.5 Å². The standard InChI is InChI=1S/C23H24F3N7O2/c1-12-27-17-5-4-14(8-19(17)32(12)11-20(25)26)15-6-7-33-21(15)22(35-3)29-23(30-33)28-18-10-31(13(2)34)9-16(18)24/h4-8,16,18,20H,9-11H2,1-3H3,(H,28,30)/t16-,18+/m0/s1. The van der Waals surface area contributed by atoms with Crippen LogP contribution >= 0.6 is 0 Å². The number of nitrogens with one attached hydrogen (secondary N) is 1. The minimum Gasteiger partial charge on any atom is -0.479 e. The van der Waals surface area contributed by atoms with Crippen LogP contribution in [0.5, 0.6) is 5.88 Å². The number of amides is 1. The number of aryl methyl sites for hydroxylation is 1. The normalized spacial score (nSPS) is 18.2. The van der Waals surface area contributed by atoms with Crippen LogP contribution in [0.1, 0.15) is 12.7 Å². The molecule has 0 spiro atoms. The van der Waals surface area contributed by atoms with E-state index < -0.39 is 25.2 Å². The highest BCUT2D eigenvalue weighted by atomic mass is 19.3. The SMILES string of the molecule is COc1nc(N[C@@H]2CN(C(C)=O)C[C@@H]2F)nn2ccc(-c3ccc4nc(C)n(CC(F)F)c4c3)c12. The Labute approximate surface area is 198 Å². The van der Waals surface area contributed by atoms with E-state index in [1.807, 2.05) is 12.1 Å². The van der Waals surface area contributed by atoms with Crippen LogP contribution in [-0.2, 0) is 11.3 Å². The number of carbonyl (C=O) groups excluding carboxylic acids is 1. The summed E-state index contributed by atoms with van der Waals surface area (Å²) in [6.45, 7) is 2.89. The van der Waals surface area contributed by atoms with Gasteiger partial charge in [-0.2, -0.15) is 4.98 Å². The lowest BCUT2D eigenvalue weighted by atomic mass is 10.1. The van der Waals surface area contributed by atoms with E-state index in [0.29, 0.717) is 22.4 Å². The number of imidazole rings is 1. The van der Waals surface area contributed by atoms with Gasteiger partial charge in [-0.3, -0.25) is 4.79 Å². The van der Waals surface area contributed by atoms with Gasteiger partial charge in [0, 0.05) is 25.2 Å². The Morgan fingerprint density at radius 3 is 2.74 bits per heavy atom. The fourth-order valence-corrected chi connectivity index (χ4v) is 4.53. The first-order chi connectivity index (χ1) is 16.7. The summed E-state index contributed by atoms with van der Waals surface area (Å²) in [7, 11) is 1.47. The summed E-state index contributed by atoms with van der Waals surface area (Å²) in [5, 5.41) is 7.42. The molecule has 1 N–H and O–H groups in total. The van der Waals surface area contributed by atoms with Gasteiger partial charge in [-0.15, -0.1) is 5.10 Å². The van der Waals surface area contributed by atoms with Crippen molar-refractivity contribution >= 4 is 28.4 Å². The monoisotopic (exact) mass is 487 g/mol. The van der Waals surface area contributed by atoms with Gasteiger partial charge >= 0.3 is 0 Å². The number of nitrogens with zero attached hydrogens (tertiary/aromatic N) is 6. The summed E-state index contributed by atoms with van der Waals surface area (Å²) in [5.41, 5.74) is 3.30. The molecule has 35 heavy (non-hydrogen) atoms. The quantitative estimate of drug-likeness (QED) is 0.449. The molecule has 1 aliphatic rings. The Bertz CT molecular complexity index is 1420. The number of aromatic nitrogens is 5. The zero-order chi connectivity index (χ0) is 24.9. The molecule has 1 aromatic carbocycles. The number of hydrogen-bond acceptors (Lipinski definition) is 6. The van der Waals surface area contributed by atoms with E-state index in [1.54, 1.807) is 29.8 Å². The van der Waals surface area contributed by atoms with E-state index in [2.05, 4.69) is 20.4 Å². The molecule has 3 aromatic heterocycles. The molecule has 4 heterocycles. The Hall–Kier alpha value is -3.83. The Balaban J connectivity index is 1.52. The number of likely N-dealkylation sites (tertiary alicyclic amines) is 1. The summed E-state index contributed by atoms with van der Waals surface area (Å²) >= 11 is 0. The first kappa shape index (κ1) is 22.9. The summed E-state index contributed by atoms with van der Waals surface area (Å²) in [6, 6.07) is 6.63. The maximum atomic E-state index is 14.4. The second-order valence-electron chi connectivity index (χ2n) is 8.52. The van der Waals surface area contributed by atoms with E-state index in [-0.39, 0.29) is 30.8 Å². The Morgan fingerprint density at radius 2 is 2.06 bits per heavy atom. The predicted molar refractivity (Wildman–Crippen MR) is 124 cm³/mol. The van der Waals surface area contributed by atoms with Crippen molar-refractivity contribution in [3.63, 3.8) is 0 Å². The predicted octanol–water partition coefficient (Wildman–Crippen LogP) is 3.31. The van der Waals surface area contributed by atoms with Crippen molar-refractivity contribution in [2.24, 2.45) is 0 Å². The van der Waals surface area contributed by atoms with Gasteiger partial charge in [0.05, 0.1) is 37.3 Å². The van der Waals surface area contributed by atoms with Gasteiger partial charge in [-0.05, 0) is 30.7 Å². The average Bonchev–Trinajstić information content (AvgIpc) is 3.49. The molecule has 1 aliphatic heterocycles. The van der Waals surface area contributed by atoms with Crippen LogP contribution in [-0.4, -0.2) is 73.8 Å². The first-order valence-electron chi connectivity index (χ1n) is 11.1. The molecule has 5 rings (SSSR count). The van der Waals surface area contributed by atoms with E-state index >= 15 is 0 Å². The number of ether oxygens (including phenoxy) is 1. The summed E-state index contributed by atoms with van der Waals surface area (Å²) in [4.78, 5) is 21.8. The number of methoxy groups -OCH3 is 1. The van der Waals surface area contributed by atoms with E-state index in [9.17, 15) is 18.0 Å². The molecule has 2 atom stereocenters. The molecule has 1 saturated heterocycles. The van der Waals surface area contributed by atoms with Crippen molar-refractivity contribution in [2.75, 3.05) is 25.5 Å². The number of rotatable bonds is 6. The molecular formula is C23H24F3N7O2. The molecule has 184 valence electrons. The van der Waals surface area contributed by atoms with Crippen molar-refractivity contribution in [3.05, 3.63) is 36.3 Å². The molecule has 1 amide bonds. The van der Waals surface area contributed by atoms with Gasteiger partial charge in [-0.1, -0.05) is 6.07 Å². The fraction of sp³-hybridized carbons (Fsp3) is 0.391. The topological polar surface area (TPSA) is 89.6 Å².